The van der Waals surface area contributed by atoms with Crippen molar-refractivity contribution in [1.29, 1.82) is 0 Å². The molecule has 0 spiro atoms. The van der Waals surface area contributed by atoms with Gasteiger partial charge in [-0.3, -0.25) is 9.58 Å². The van der Waals surface area contributed by atoms with Crippen LogP contribution in [0.2, 0.25) is 0 Å². The number of likely N-dealkylation sites (tertiary alicyclic amines) is 1. The predicted molar refractivity (Wildman–Crippen MR) is 87.1 cm³/mol. The molecule has 0 aliphatic carbocycles. The molecule has 7 heteroatoms. The average Bonchev–Trinajstić information content (AvgIpc) is 3.30. The van der Waals surface area contributed by atoms with Crippen LogP contribution in [0, 0.1) is 13.8 Å². The van der Waals surface area contributed by atoms with E-state index in [1.54, 1.807) is 12.5 Å². The van der Waals surface area contributed by atoms with Crippen molar-refractivity contribution in [2.75, 3.05) is 6.54 Å². The Balaban J connectivity index is 1.44. The van der Waals surface area contributed by atoms with Crippen LogP contribution < -0.4 is 0 Å². The van der Waals surface area contributed by atoms with Crippen molar-refractivity contribution in [1.82, 2.24) is 24.8 Å². The standard InChI is InChI=1S/C17H21N5O2/c1-12-8-13(2)22(19-12)9-15-4-3-6-21(15)10-16-18-17(20-24-16)14-5-7-23-11-14/h5,7-8,11,15H,3-4,6,9-10H2,1-2H3/t15-/m0/s1. The summed E-state index contributed by atoms with van der Waals surface area (Å²) >= 11 is 0. The summed E-state index contributed by atoms with van der Waals surface area (Å²) in [6.45, 7) is 6.77. The Morgan fingerprint density at radius 3 is 3.00 bits per heavy atom. The summed E-state index contributed by atoms with van der Waals surface area (Å²) < 4.78 is 12.6. The smallest absolute Gasteiger partial charge is 0.241 e. The number of aryl methyl sites for hydroxylation is 2. The van der Waals surface area contributed by atoms with Crippen molar-refractivity contribution in [3.05, 3.63) is 41.9 Å². The maximum atomic E-state index is 5.41. The minimum atomic E-state index is 0.451. The highest BCUT2D eigenvalue weighted by molar-refractivity contribution is 5.51. The van der Waals surface area contributed by atoms with Crippen LogP contribution in [-0.2, 0) is 13.1 Å². The molecular formula is C17H21N5O2. The number of nitrogens with zero attached hydrogens (tertiary/aromatic N) is 5. The topological polar surface area (TPSA) is 73.1 Å². The van der Waals surface area contributed by atoms with Crippen molar-refractivity contribution in [3.8, 4) is 11.4 Å². The van der Waals surface area contributed by atoms with E-state index in [4.69, 9.17) is 8.94 Å². The van der Waals surface area contributed by atoms with Gasteiger partial charge in [0, 0.05) is 11.7 Å². The van der Waals surface area contributed by atoms with Crippen LogP contribution in [0.5, 0.6) is 0 Å². The van der Waals surface area contributed by atoms with Gasteiger partial charge in [0.25, 0.3) is 0 Å². The van der Waals surface area contributed by atoms with Crippen molar-refractivity contribution in [2.45, 2.75) is 45.8 Å². The van der Waals surface area contributed by atoms with E-state index in [1.807, 2.05) is 13.0 Å². The average molecular weight is 327 g/mol. The first-order chi connectivity index (χ1) is 11.7. The van der Waals surface area contributed by atoms with Crippen LogP contribution in [0.4, 0.5) is 0 Å². The number of aromatic nitrogens is 4. The van der Waals surface area contributed by atoms with Gasteiger partial charge in [-0.1, -0.05) is 5.16 Å². The van der Waals surface area contributed by atoms with Gasteiger partial charge < -0.3 is 8.94 Å². The van der Waals surface area contributed by atoms with Crippen LogP contribution >= 0.6 is 0 Å². The Bertz CT molecular complexity index is 805. The lowest BCUT2D eigenvalue weighted by molar-refractivity contribution is 0.191. The van der Waals surface area contributed by atoms with Gasteiger partial charge in [0.15, 0.2) is 0 Å². The lowest BCUT2D eigenvalue weighted by Gasteiger charge is -2.23. The zero-order chi connectivity index (χ0) is 16.5. The fourth-order valence-corrected chi connectivity index (χ4v) is 3.37. The van der Waals surface area contributed by atoms with E-state index in [1.165, 1.54) is 18.5 Å². The van der Waals surface area contributed by atoms with Crippen LogP contribution in [0.25, 0.3) is 11.4 Å². The molecule has 3 aromatic heterocycles. The summed E-state index contributed by atoms with van der Waals surface area (Å²) in [5, 5.41) is 8.62. The molecule has 3 aromatic rings. The SMILES string of the molecule is Cc1cc(C)n(C[C@@H]2CCCN2Cc2nc(-c3ccoc3)no2)n1. The van der Waals surface area contributed by atoms with Gasteiger partial charge in [0.2, 0.25) is 11.7 Å². The largest absolute Gasteiger partial charge is 0.472 e. The van der Waals surface area contributed by atoms with Gasteiger partial charge in [-0.15, -0.1) is 0 Å². The molecule has 0 bridgehead atoms. The summed E-state index contributed by atoms with van der Waals surface area (Å²) in [6, 6.07) is 4.40. The summed E-state index contributed by atoms with van der Waals surface area (Å²) in [6.07, 6.45) is 5.58. The summed E-state index contributed by atoms with van der Waals surface area (Å²) in [5.41, 5.74) is 3.11. The zero-order valence-corrected chi connectivity index (χ0v) is 14.0. The highest BCUT2D eigenvalue weighted by atomic mass is 16.5. The number of rotatable bonds is 5. The van der Waals surface area contributed by atoms with E-state index in [2.05, 4.69) is 37.8 Å². The molecule has 1 aliphatic heterocycles. The third kappa shape index (κ3) is 2.99. The minimum Gasteiger partial charge on any atom is -0.472 e. The Kier molecular flexibility index (Phi) is 3.93. The van der Waals surface area contributed by atoms with Crippen LogP contribution in [0.3, 0.4) is 0 Å². The van der Waals surface area contributed by atoms with E-state index in [9.17, 15) is 0 Å². The molecule has 0 radical (unpaired) electrons. The fraction of sp³-hybridized carbons (Fsp3) is 0.471. The predicted octanol–water partition coefficient (Wildman–Crippen LogP) is 2.81. The third-order valence-corrected chi connectivity index (χ3v) is 4.57. The molecule has 0 N–H and O–H groups in total. The van der Waals surface area contributed by atoms with Gasteiger partial charge in [0.1, 0.15) is 6.26 Å². The second-order valence-corrected chi connectivity index (χ2v) is 6.40. The van der Waals surface area contributed by atoms with Crippen LogP contribution in [0.15, 0.2) is 33.6 Å². The van der Waals surface area contributed by atoms with E-state index in [0.29, 0.717) is 24.3 Å². The van der Waals surface area contributed by atoms with Gasteiger partial charge >= 0.3 is 0 Å². The molecular weight excluding hydrogens is 306 g/mol. The summed E-state index contributed by atoms with van der Waals surface area (Å²) in [5.74, 6) is 1.22. The van der Waals surface area contributed by atoms with Gasteiger partial charge in [0.05, 0.1) is 30.6 Å². The molecule has 1 fully saturated rings. The highest BCUT2D eigenvalue weighted by Crippen LogP contribution is 2.23. The molecule has 126 valence electrons. The molecule has 1 saturated heterocycles. The van der Waals surface area contributed by atoms with Crippen molar-refractivity contribution >= 4 is 0 Å². The molecule has 0 saturated carbocycles. The van der Waals surface area contributed by atoms with Crippen molar-refractivity contribution in [3.63, 3.8) is 0 Å². The fourth-order valence-electron chi connectivity index (χ4n) is 3.37. The Hall–Kier alpha value is -2.41. The Morgan fingerprint density at radius 1 is 1.33 bits per heavy atom. The number of furan rings is 1. The third-order valence-electron chi connectivity index (χ3n) is 4.57. The molecule has 1 aliphatic rings. The van der Waals surface area contributed by atoms with Crippen molar-refractivity contribution < 1.29 is 8.94 Å². The highest BCUT2D eigenvalue weighted by Gasteiger charge is 2.27. The number of hydrogen-bond donors (Lipinski definition) is 0. The first kappa shape index (κ1) is 15.1. The van der Waals surface area contributed by atoms with Gasteiger partial charge in [-0.25, -0.2) is 0 Å². The Morgan fingerprint density at radius 2 is 2.25 bits per heavy atom. The number of hydrogen-bond acceptors (Lipinski definition) is 6. The van der Waals surface area contributed by atoms with Gasteiger partial charge in [-0.05, 0) is 45.4 Å². The van der Waals surface area contributed by atoms with Gasteiger partial charge in [-0.2, -0.15) is 10.1 Å². The Labute approximate surface area is 140 Å². The molecule has 1 atom stereocenters. The molecule has 4 heterocycles. The summed E-state index contributed by atoms with van der Waals surface area (Å²) in [7, 11) is 0. The maximum absolute atomic E-state index is 5.41. The second-order valence-electron chi connectivity index (χ2n) is 6.40. The summed E-state index contributed by atoms with van der Waals surface area (Å²) in [4.78, 5) is 6.88. The van der Waals surface area contributed by atoms with Crippen LogP contribution in [0.1, 0.15) is 30.1 Å². The molecule has 0 aromatic carbocycles. The minimum absolute atomic E-state index is 0.451. The first-order valence-electron chi connectivity index (χ1n) is 8.29. The van der Waals surface area contributed by atoms with E-state index in [0.717, 1.165) is 24.3 Å². The van der Waals surface area contributed by atoms with Crippen LogP contribution in [-0.4, -0.2) is 37.4 Å². The zero-order valence-electron chi connectivity index (χ0n) is 14.0. The normalized spacial score (nSPS) is 18.5. The molecule has 7 nitrogen and oxygen atoms in total. The molecule has 4 rings (SSSR count). The lowest BCUT2D eigenvalue weighted by atomic mass is 10.2. The maximum Gasteiger partial charge on any atom is 0.241 e. The molecule has 0 unspecified atom stereocenters. The van der Waals surface area contributed by atoms with E-state index in [-0.39, 0.29) is 0 Å². The molecule has 24 heavy (non-hydrogen) atoms. The first-order valence-corrected chi connectivity index (χ1v) is 8.29. The molecule has 0 amide bonds. The lowest BCUT2D eigenvalue weighted by Crippen LogP contribution is -2.33. The second kappa shape index (κ2) is 6.24. The quantitative estimate of drug-likeness (QED) is 0.717. The van der Waals surface area contributed by atoms with Crippen molar-refractivity contribution in [2.24, 2.45) is 0 Å². The van der Waals surface area contributed by atoms with E-state index < -0.39 is 0 Å². The van der Waals surface area contributed by atoms with E-state index >= 15 is 0 Å². The monoisotopic (exact) mass is 327 g/mol.